The van der Waals surface area contributed by atoms with Crippen LogP contribution in [0.2, 0.25) is 0 Å². The third-order valence-electron chi connectivity index (χ3n) is 4.00. The zero-order chi connectivity index (χ0) is 18.4. The summed E-state index contributed by atoms with van der Waals surface area (Å²) in [5.41, 5.74) is 2.62. The first-order valence-electron chi connectivity index (χ1n) is 8.74. The Labute approximate surface area is 153 Å². The van der Waals surface area contributed by atoms with Crippen LogP contribution >= 0.6 is 0 Å². The smallest absolute Gasteiger partial charge is 0.253 e. The summed E-state index contributed by atoms with van der Waals surface area (Å²) in [5.74, 6) is 0.759. The number of hydrogen-bond acceptors (Lipinski definition) is 3. The highest BCUT2D eigenvalue weighted by atomic mass is 16.5. The van der Waals surface area contributed by atoms with E-state index < -0.39 is 0 Å². The molecule has 0 fully saturated rings. The van der Waals surface area contributed by atoms with Gasteiger partial charge >= 0.3 is 0 Å². The van der Waals surface area contributed by atoms with E-state index in [1.165, 1.54) is 0 Å². The number of carbonyl (C=O) groups excluding carboxylic acids is 1. The first-order chi connectivity index (χ1) is 12.7. The summed E-state index contributed by atoms with van der Waals surface area (Å²) in [6.07, 6.45) is 4.69. The largest absolute Gasteiger partial charge is 0.494 e. The molecule has 5 heteroatoms. The minimum Gasteiger partial charge on any atom is -0.494 e. The van der Waals surface area contributed by atoms with Crippen molar-refractivity contribution in [3.05, 3.63) is 78.1 Å². The maximum absolute atomic E-state index is 12.6. The Bertz CT molecular complexity index is 841. The van der Waals surface area contributed by atoms with E-state index in [1.807, 2.05) is 53.3 Å². The standard InChI is InChI=1S/C21H23N3O2/c1-3-13-26-20-11-9-18(10-12-20)21(25)23(2)15-17-14-22-24(16-17)19-7-5-4-6-8-19/h4-12,14,16H,3,13,15H2,1-2H3. The van der Waals surface area contributed by atoms with Crippen molar-refractivity contribution in [2.75, 3.05) is 13.7 Å². The van der Waals surface area contributed by atoms with Crippen LogP contribution in [-0.4, -0.2) is 34.2 Å². The lowest BCUT2D eigenvalue weighted by Crippen LogP contribution is -2.25. The fraction of sp³-hybridized carbons (Fsp3) is 0.238. The Morgan fingerprint density at radius 2 is 1.85 bits per heavy atom. The first kappa shape index (κ1) is 17.7. The summed E-state index contributed by atoms with van der Waals surface area (Å²) in [5, 5.41) is 4.37. The maximum Gasteiger partial charge on any atom is 0.253 e. The van der Waals surface area contributed by atoms with Crippen molar-refractivity contribution < 1.29 is 9.53 Å². The Balaban J connectivity index is 1.63. The predicted molar refractivity (Wildman–Crippen MR) is 102 cm³/mol. The first-order valence-corrected chi connectivity index (χ1v) is 8.74. The molecule has 0 atom stereocenters. The zero-order valence-electron chi connectivity index (χ0n) is 15.1. The molecule has 0 aliphatic rings. The lowest BCUT2D eigenvalue weighted by Gasteiger charge is -2.16. The molecule has 0 spiro atoms. The van der Waals surface area contributed by atoms with Gasteiger partial charge in [0, 0.05) is 30.9 Å². The molecule has 0 unspecified atom stereocenters. The van der Waals surface area contributed by atoms with Gasteiger partial charge in [0.25, 0.3) is 5.91 Å². The maximum atomic E-state index is 12.6. The number of aromatic nitrogens is 2. The Morgan fingerprint density at radius 1 is 1.12 bits per heavy atom. The molecule has 3 aromatic rings. The molecule has 2 aromatic carbocycles. The van der Waals surface area contributed by atoms with E-state index in [2.05, 4.69) is 12.0 Å². The molecule has 1 aromatic heterocycles. The van der Waals surface area contributed by atoms with Crippen LogP contribution in [0.15, 0.2) is 67.0 Å². The minimum absolute atomic E-state index is 0.0282. The van der Waals surface area contributed by atoms with Crippen molar-refractivity contribution in [3.8, 4) is 11.4 Å². The van der Waals surface area contributed by atoms with Gasteiger partial charge in [0.15, 0.2) is 0 Å². The van der Waals surface area contributed by atoms with Crippen LogP contribution < -0.4 is 4.74 Å². The monoisotopic (exact) mass is 349 g/mol. The second-order valence-corrected chi connectivity index (χ2v) is 6.16. The van der Waals surface area contributed by atoms with Gasteiger partial charge in [0.2, 0.25) is 0 Å². The molecule has 0 radical (unpaired) electrons. The topological polar surface area (TPSA) is 47.4 Å². The Hall–Kier alpha value is -3.08. The van der Waals surface area contributed by atoms with Crippen LogP contribution in [0, 0.1) is 0 Å². The van der Waals surface area contributed by atoms with Crippen molar-refractivity contribution in [3.63, 3.8) is 0 Å². The third-order valence-corrected chi connectivity index (χ3v) is 4.00. The molecule has 134 valence electrons. The van der Waals surface area contributed by atoms with Gasteiger partial charge in [-0.2, -0.15) is 5.10 Å². The molecule has 0 saturated carbocycles. The summed E-state index contributed by atoms with van der Waals surface area (Å²) in [6, 6.07) is 17.2. The normalized spacial score (nSPS) is 10.5. The number of rotatable bonds is 7. The molecule has 5 nitrogen and oxygen atoms in total. The summed E-state index contributed by atoms with van der Waals surface area (Å²) in [7, 11) is 1.80. The van der Waals surface area contributed by atoms with E-state index in [1.54, 1.807) is 30.3 Å². The number of benzene rings is 2. The summed E-state index contributed by atoms with van der Waals surface area (Å²) in [6.45, 7) is 3.24. The number of nitrogens with zero attached hydrogens (tertiary/aromatic N) is 3. The van der Waals surface area contributed by atoms with Gasteiger partial charge < -0.3 is 9.64 Å². The second kappa shape index (κ2) is 8.34. The van der Waals surface area contributed by atoms with Gasteiger partial charge in [-0.05, 0) is 42.8 Å². The van der Waals surface area contributed by atoms with Crippen LogP contribution in [0.1, 0.15) is 29.3 Å². The van der Waals surface area contributed by atoms with E-state index in [4.69, 9.17) is 4.74 Å². The van der Waals surface area contributed by atoms with Crippen LogP contribution in [0.5, 0.6) is 5.75 Å². The molecule has 0 aliphatic carbocycles. The van der Waals surface area contributed by atoms with E-state index >= 15 is 0 Å². The lowest BCUT2D eigenvalue weighted by molar-refractivity contribution is 0.0785. The lowest BCUT2D eigenvalue weighted by atomic mass is 10.2. The molecule has 26 heavy (non-hydrogen) atoms. The summed E-state index contributed by atoms with van der Waals surface area (Å²) in [4.78, 5) is 14.3. The van der Waals surface area contributed by atoms with E-state index in [0.717, 1.165) is 23.4 Å². The molecule has 1 amide bonds. The number of amides is 1. The van der Waals surface area contributed by atoms with Crippen molar-refractivity contribution in [2.24, 2.45) is 0 Å². The highest BCUT2D eigenvalue weighted by Crippen LogP contribution is 2.15. The summed E-state index contributed by atoms with van der Waals surface area (Å²) >= 11 is 0. The number of carbonyl (C=O) groups is 1. The SMILES string of the molecule is CCCOc1ccc(C(=O)N(C)Cc2cnn(-c3ccccc3)c2)cc1. The average Bonchev–Trinajstić information content (AvgIpc) is 3.15. The molecule has 1 heterocycles. The minimum atomic E-state index is -0.0282. The van der Waals surface area contributed by atoms with Crippen molar-refractivity contribution in [2.45, 2.75) is 19.9 Å². The zero-order valence-corrected chi connectivity index (χ0v) is 15.1. The Morgan fingerprint density at radius 3 is 2.54 bits per heavy atom. The van der Waals surface area contributed by atoms with Crippen molar-refractivity contribution >= 4 is 5.91 Å². The molecule has 0 bridgehead atoms. The third kappa shape index (κ3) is 4.30. The van der Waals surface area contributed by atoms with Gasteiger partial charge in [-0.15, -0.1) is 0 Å². The van der Waals surface area contributed by atoms with Gasteiger partial charge in [-0.3, -0.25) is 4.79 Å². The molecule has 0 aliphatic heterocycles. The van der Waals surface area contributed by atoms with Crippen LogP contribution in [0.25, 0.3) is 5.69 Å². The molecule has 0 N–H and O–H groups in total. The van der Waals surface area contributed by atoms with Crippen LogP contribution in [-0.2, 0) is 6.54 Å². The fourth-order valence-corrected chi connectivity index (χ4v) is 2.64. The number of ether oxygens (including phenoxy) is 1. The predicted octanol–water partition coefficient (Wildman–Crippen LogP) is 3.93. The highest BCUT2D eigenvalue weighted by molar-refractivity contribution is 5.94. The van der Waals surface area contributed by atoms with Crippen molar-refractivity contribution in [1.82, 2.24) is 14.7 Å². The molecule has 3 rings (SSSR count). The van der Waals surface area contributed by atoms with Gasteiger partial charge in [-0.25, -0.2) is 4.68 Å². The van der Waals surface area contributed by atoms with Gasteiger partial charge in [-0.1, -0.05) is 25.1 Å². The van der Waals surface area contributed by atoms with E-state index in [0.29, 0.717) is 18.7 Å². The number of hydrogen-bond donors (Lipinski definition) is 0. The Kier molecular flexibility index (Phi) is 5.69. The van der Waals surface area contributed by atoms with Crippen molar-refractivity contribution in [1.29, 1.82) is 0 Å². The molecular formula is C21H23N3O2. The number of para-hydroxylation sites is 1. The average molecular weight is 349 g/mol. The quantitative estimate of drug-likeness (QED) is 0.649. The highest BCUT2D eigenvalue weighted by Gasteiger charge is 2.13. The second-order valence-electron chi connectivity index (χ2n) is 6.16. The molecular weight excluding hydrogens is 326 g/mol. The summed E-state index contributed by atoms with van der Waals surface area (Å²) < 4.78 is 7.37. The molecule has 0 saturated heterocycles. The fourth-order valence-electron chi connectivity index (χ4n) is 2.64. The van der Waals surface area contributed by atoms with Gasteiger partial charge in [0.1, 0.15) is 5.75 Å². The van der Waals surface area contributed by atoms with Crippen LogP contribution in [0.3, 0.4) is 0 Å². The van der Waals surface area contributed by atoms with E-state index in [9.17, 15) is 4.79 Å². The van der Waals surface area contributed by atoms with Crippen LogP contribution in [0.4, 0.5) is 0 Å². The van der Waals surface area contributed by atoms with E-state index in [-0.39, 0.29) is 5.91 Å². The van der Waals surface area contributed by atoms with Gasteiger partial charge in [0.05, 0.1) is 18.5 Å².